The zero-order chi connectivity index (χ0) is 20.3. The molecule has 2 aromatic rings. The van der Waals surface area contributed by atoms with E-state index in [0.29, 0.717) is 42.0 Å². The summed E-state index contributed by atoms with van der Waals surface area (Å²) in [6.45, 7) is 2.73. The number of rotatable bonds is 5. The number of aromatic amines is 1. The van der Waals surface area contributed by atoms with Gasteiger partial charge in [0.25, 0.3) is 5.56 Å². The number of fused-ring (bicyclic) bond motifs is 1. The SMILES string of the molecule is CCCCC(=O)N1CCc2nc(Cc3cccc(C(F)(F)F)c3)[nH]c(=O)c2C1. The highest BCUT2D eigenvalue weighted by molar-refractivity contribution is 5.76. The molecule has 1 aromatic carbocycles. The largest absolute Gasteiger partial charge is 0.416 e. The first kappa shape index (κ1) is 20.1. The Morgan fingerprint density at radius 1 is 1.32 bits per heavy atom. The van der Waals surface area contributed by atoms with Crippen molar-refractivity contribution in [2.75, 3.05) is 6.54 Å². The predicted octanol–water partition coefficient (Wildman–Crippen LogP) is 3.45. The molecule has 1 amide bonds. The zero-order valence-electron chi connectivity index (χ0n) is 15.6. The van der Waals surface area contributed by atoms with Crippen LogP contribution in [0.4, 0.5) is 13.2 Å². The molecule has 1 aliphatic heterocycles. The number of hydrogen-bond acceptors (Lipinski definition) is 3. The van der Waals surface area contributed by atoms with Gasteiger partial charge in [0.2, 0.25) is 5.91 Å². The van der Waals surface area contributed by atoms with Crippen LogP contribution in [0.15, 0.2) is 29.1 Å². The first-order valence-corrected chi connectivity index (χ1v) is 9.32. The van der Waals surface area contributed by atoms with E-state index in [1.807, 2.05) is 6.92 Å². The molecule has 150 valence electrons. The van der Waals surface area contributed by atoms with Crippen LogP contribution < -0.4 is 5.56 Å². The van der Waals surface area contributed by atoms with Crippen LogP contribution in [0.25, 0.3) is 0 Å². The van der Waals surface area contributed by atoms with E-state index < -0.39 is 11.7 Å². The van der Waals surface area contributed by atoms with Gasteiger partial charge in [-0.3, -0.25) is 9.59 Å². The monoisotopic (exact) mass is 393 g/mol. The van der Waals surface area contributed by atoms with Crippen molar-refractivity contribution >= 4 is 5.91 Å². The molecule has 1 aromatic heterocycles. The fourth-order valence-electron chi connectivity index (χ4n) is 3.31. The number of amides is 1. The van der Waals surface area contributed by atoms with Crippen LogP contribution in [-0.2, 0) is 30.4 Å². The highest BCUT2D eigenvalue weighted by atomic mass is 19.4. The van der Waals surface area contributed by atoms with E-state index in [-0.39, 0.29) is 24.4 Å². The molecule has 0 bridgehead atoms. The molecule has 0 saturated carbocycles. The van der Waals surface area contributed by atoms with Crippen LogP contribution in [0.1, 0.15) is 54.4 Å². The molecule has 1 N–H and O–H groups in total. The number of aromatic nitrogens is 2. The Morgan fingerprint density at radius 3 is 2.82 bits per heavy atom. The van der Waals surface area contributed by atoms with E-state index >= 15 is 0 Å². The van der Waals surface area contributed by atoms with Crippen LogP contribution in [0.2, 0.25) is 0 Å². The van der Waals surface area contributed by atoms with Gasteiger partial charge in [-0.15, -0.1) is 0 Å². The number of nitrogens with one attached hydrogen (secondary N) is 1. The van der Waals surface area contributed by atoms with Gasteiger partial charge in [0.05, 0.1) is 23.4 Å². The number of hydrogen-bond donors (Lipinski definition) is 1. The molecule has 5 nitrogen and oxygen atoms in total. The van der Waals surface area contributed by atoms with Gasteiger partial charge >= 0.3 is 6.18 Å². The lowest BCUT2D eigenvalue weighted by Gasteiger charge is -2.28. The van der Waals surface area contributed by atoms with Crippen LogP contribution in [0.3, 0.4) is 0 Å². The topological polar surface area (TPSA) is 66.1 Å². The number of halogens is 3. The lowest BCUT2D eigenvalue weighted by Crippen LogP contribution is -2.39. The van der Waals surface area contributed by atoms with Gasteiger partial charge in [-0.2, -0.15) is 13.2 Å². The standard InChI is InChI=1S/C20H22F3N3O2/c1-2-3-7-18(27)26-9-8-16-15(12-26)19(28)25-17(24-16)11-13-5-4-6-14(10-13)20(21,22)23/h4-6,10H,2-3,7-9,11-12H2,1H3,(H,24,25,28). The molecule has 1 aliphatic rings. The second-order valence-corrected chi connectivity index (χ2v) is 6.98. The summed E-state index contributed by atoms with van der Waals surface area (Å²) in [7, 11) is 0. The van der Waals surface area contributed by atoms with Crippen molar-refractivity contribution in [3.05, 3.63) is 62.8 Å². The summed E-state index contributed by atoms with van der Waals surface area (Å²) in [5.41, 5.74) is 0.436. The van der Waals surface area contributed by atoms with Gasteiger partial charge in [0.1, 0.15) is 5.82 Å². The minimum Gasteiger partial charge on any atom is -0.338 e. The third kappa shape index (κ3) is 4.61. The normalized spacial score (nSPS) is 14.1. The van der Waals surface area contributed by atoms with Gasteiger partial charge in [-0.1, -0.05) is 31.5 Å². The number of unbranched alkanes of at least 4 members (excludes halogenated alkanes) is 1. The van der Waals surface area contributed by atoms with Crippen LogP contribution in [0, 0.1) is 0 Å². The molecule has 0 atom stereocenters. The predicted molar refractivity (Wildman–Crippen MR) is 97.8 cm³/mol. The molecular formula is C20H22F3N3O2. The van der Waals surface area contributed by atoms with Crippen molar-refractivity contribution in [3.8, 4) is 0 Å². The molecule has 0 aliphatic carbocycles. The van der Waals surface area contributed by atoms with Gasteiger partial charge in [-0.25, -0.2) is 4.98 Å². The highest BCUT2D eigenvalue weighted by Crippen LogP contribution is 2.29. The number of alkyl halides is 3. The van der Waals surface area contributed by atoms with Crippen molar-refractivity contribution in [1.82, 2.24) is 14.9 Å². The van der Waals surface area contributed by atoms with E-state index in [1.165, 1.54) is 6.07 Å². The van der Waals surface area contributed by atoms with Crippen LogP contribution in [0.5, 0.6) is 0 Å². The summed E-state index contributed by atoms with van der Waals surface area (Å²) in [4.78, 5) is 33.4. The Morgan fingerprint density at radius 2 is 2.11 bits per heavy atom. The molecule has 28 heavy (non-hydrogen) atoms. The molecular weight excluding hydrogens is 371 g/mol. The molecule has 3 rings (SSSR count). The van der Waals surface area contributed by atoms with Crippen molar-refractivity contribution < 1.29 is 18.0 Å². The lowest BCUT2D eigenvalue weighted by molar-refractivity contribution is -0.137. The average Bonchev–Trinajstić information content (AvgIpc) is 2.65. The summed E-state index contributed by atoms with van der Waals surface area (Å²) < 4.78 is 38.6. The Balaban J connectivity index is 1.78. The summed E-state index contributed by atoms with van der Waals surface area (Å²) in [6.07, 6.45) is -1.65. The van der Waals surface area contributed by atoms with E-state index in [9.17, 15) is 22.8 Å². The van der Waals surface area contributed by atoms with Crippen molar-refractivity contribution in [1.29, 1.82) is 0 Å². The lowest BCUT2D eigenvalue weighted by atomic mass is 10.0. The fourth-order valence-corrected chi connectivity index (χ4v) is 3.31. The van der Waals surface area contributed by atoms with Gasteiger partial charge in [-0.05, 0) is 18.1 Å². The summed E-state index contributed by atoms with van der Waals surface area (Å²) in [5.74, 6) is 0.355. The van der Waals surface area contributed by atoms with Crippen molar-refractivity contribution in [3.63, 3.8) is 0 Å². The molecule has 0 spiro atoms. The van der Waals surface area contributed by atoms with Gasteiger partial charge in [0.15, 0.2) is 0 Å². The first-order valence-electron chi connectivity index (χ1n) is 9.32. The molecule has 0 saturated heterocycles. The van der Waals surface area contributed by atoms with Gasteiger partial charge < -0.3 is 9.88 Å². The highest BCUT2D eigenvalue weighted by Gasteiger charge is 2.30. The second-order valence-electron chi connectivity index (χ2n) is 6.98. The minimum absolute atomic E-state index is 0.0277. The summed E-state index contributed by atoms with van der Waals surface area (Å²) in [5, 5.41) is 0. The quantitative estimate of drug-likeness (QED) is 0.846. The van der Waals surface area contributed by atoms with Crippen LogP contribution in [-0.4, -0.2) is 27.3 Å². The number of carbonyl (C=O) groups is 1. The second kappa shape index (κ2) is 8.16. The third-order valence-corrected chi connectivity index (χ3v) is 4.84. The minimum atomic E-state index is -4.42. The molecule has 0 fully saturated rings. The smallest absolute Gasteiger partial charge is 0.338 e. The molecule has 0 unspecified atom stereocenters. The van der Waals surface area contributed by atoms with E-state index in [4.69, 9.17) is 0 Å². The van der Waals surface area contributed by atoms with Gasteiger partial charge in [0, 0.05) is 25.8 Å². The first-order chi connectivity index (χ1) is 13.3. The van der Waals surface area contributed by atoms with Crippen molar-refractivity contribution in [2.24, 2.45) is 0 Å². The Bertz CT molecular complexity index is 922. The van der Waals surface area contributed by atoms with Crippen LogP contribution >= 0.6 is 0 Å². The third-order valence-electron chi connectivity index (χ3n) is 4.84. The molecule has 8 heteroatoms. The zero-order valence-corrected chi connectivity index (χ0v) is 15.6. The number of benzene rings is 1. The molecule has 2 heterocycles. The number of H-pyrrole nitrogens is 1. The Hall–Kier alpha value is -2.64. The molecule has 0 radical (unpaired) electrons. The van der Waals surface area contributed by atoms with E-state index in [2.05, 4.69) is 9.97 Å². The number of nitrogens with zero attached hydrogens (tertiary/aromatic N) is 2. The maximum atomic E-state index is 12.9. The summed E-state index contributed by atoms with van der Waals surface area (Å²) in [6, 6.07) is 4.99. The van der Waals surface area contributed by atoms with E-state index in [0.717, 1.165) is 25.0 Å². The Kier molecular flexibility index (Phi) is 5.86. The summed E-state index contributed by atoms with van der Waals surface area (Å²) >= 11 is 0. The number of carbonyl (C=O) groups excluding carboxylic acids is 1. The fraction of sp³-hybridized carbons (Fsp3) is 0.450. The Labute approximate surface area is 160 Å². The maximum absolute atomic E-state index is 12.9. The maximum Gasteiger partial charge on any atom is 0.416 e. The van der Waals surface area contributed by atoms with E-state index in [1.54, 1.807) is 11.0 Å². The average molecular weight is 393 g/mol. The van der Waals surface area contributed by atoms with Crippen molar-refractivity contribution in [2.45, 2.75) is 51.7 Å².